The lowest BCUT2D eigenvalue weighted by molar-refractivity contribution is 0.0918. The van der Waals surface area contributed by atoms with Crippen molar-refractivity contribution in [2.24, 2.45) is 0 Å². The summed E-state index contributed by atoms with van der Waals surface area (Å²) in [4.78, 5) is 0. The van der Waals surface area contributed by atoms with E-state index in [0.717, 1.165) is 6.42 Å². The molecule has 0 saturated heterocycles. The minimum Gasteiger partial charge on any atom is -0.381 e. The van der Waals surface area contributed by atoms with Crippen molar-refractivity contribution in [2.75, 3.05) is 7.11 Å². The standard InChI is InChI=1S/C13H18O/c1-14-13-9-5-4-7-11-6-2-3-8-12(11)10-13/h2-3,6,8,13H,4-5,7,9-10H2,1H3. The lowest BCUT2D eigenvalue weighted by Gasteiger charge is -2.20. The largest absolute Gasteiger partial charge is 0.381 e. The van der Waals surface area contributed by atoms with Gasteiger partial charge >= 0.3 is 0 Å². The molecular formula is C13H18O. The van der Waals surface area contributed by atoms with Gasteiger partial charge in [-0.2, -0.15) is 0 Å². The fourth-order valence-electron chi connectivity index (χ4n) is 2.24. The van der Waals surface area contributed by atoms with Gasteiger partial charge in [0.15, 0.2) is 0 Å². The molecule has 1 heteroatoms. The third-order valence-corrected chi connectivity index (χ3v) is 3.12. The second-order valence-electron chi connectivity index (χ2n) is 4.08. The summed E-state index contributed by atoms with van der Waals surface area (Å²) >= 11 is 0. The van der Waals surface area contributed by atoms with E-state index in [-0.39, 0.29) is 0 Å². The number of hydrogen-bond acceptors (Lipinski definition) is 1. The highest BCUT2D eigenvalue weighted by Gasteiger charge is 2.13. The highest BCUT2D eigenvalue weighted by Crippen LogP contribution is 2.21. The van der Waals surface area contributed by atoms with Gasteiger partial charge in [-0.1, -0.05) is 30.7 Å². The molecule has 0 fully saturated rings. The second kappa shape index (κ2) is 4.61. The zero-order valence-corrected chi connectivity index (χ0v) is 8.83. The van der Waals surface area contributed by atoms with Gasteiger partial charge in [-0.25, -0.2) is 0 Å². The lowest BCUT2D eigenvalue weighted by atomic mass is 9.92. The Labute approximate surface area is 86.1 Å². The molecule has 0 aliphatic heterocycles. The Bertz CT molecular complexity index is 293. The van der Waals surface area contributed by atoms with Gasteiger partial charge in [0, 0.05) is 7.11 Å². The van der Waals surface area contributed by atoms with Crippen molar-refractivity contribution in [3.8, 4) is 0 Å². The first-order valence-electron chi connectivity index (χ1n) is 5.49. The molecule has 1 unspecified atom stereocenters. The number of benzene rings is 1. The van der Waals surface area contributed by atoms with E-state index in [1.165, 1.54) is 36.8 Å². The molecule has 0 aromatic heterocycles. The predicted molar refractivity (Wildman–Crippen MR) is 58.5 cm³/mol. The minimum absolute atomic E-state index is 0.427. The smallest absolute Gasteiger partial charge is 0.0611 e. The van der Waals surface area contributed by atoms with Gasteiger partial charge in [-0.3, -0.25) is 0 Å². The fraction of sp³-hybridized carbons (Fsp3) is 0.538. The summed E-state index contributed by atoms with van der Waals surface area (Å²) in [5.74, 6) is 0. The Hall–Kier alpha value is -0.820. The Morgan fingerprint density at radius 2 is 1.93 bits per heavy atom. The fourth-order valence-corrected chi connectivity index (χ4v) is 2.24. The monoisotopic (exact) mass is 190 g/mol. The Balaban J connectivity index is 2.21. The van der Waals surface area contributed by atoms with Crippen molar-refractivity contribution < 1.29 is 4.74 Å². The normalized spacial score (nSPS) is 22.2. The summed E-state index contributed by atoms with van der Waals surface area (Å²) in [7, 11) is 1.83. The van der Waals surface area contributed by atoms with E-state index in [9.17, 15) is 0 Å². The van der Waals surface area contributed by atoms with Crippen molar-refractivity contribution in [2.45, 2.75) is 38.2 Å². The molecule has 1 aliphatic carbocycles. The second-order valence-corrected chi connectivity index (χ2v) is 4.08. The Morgan fingerprint density at radius 1 is 1.14 bits per heavy atom. The number of methoxy groups -OCH3 is 1. The van der Waals surface area contributed by atoms with E-state index >= 15 is 0 Å². The summed E-state index contributed by atoms with van der Waals surface area (Å²) in [6.45, 7) is 0. The maximum absolute atomic E-state index is 5.48. The number of aryl methyl sites for hydroxylation is 1. The van der Waals surface area contributed by atoms with Crippen LogP contribution < -0.4 is 0 Å². The quantitative estimate of drug-likeness (QED) is 0.661. The van der Waals surface area contributed by atoms with Crippen LogP contribution in [0.15, 0.2) is 24.3 Å². The number of fused-ring (bicyclic) bond motifs is 1. The molecule has 1 aromatic carbocycles. The number of hydrogen-bond donors (Lipinski definition) is 0. The van der Waals surface area contributed by atoms with E-state index in [2.05, 4.69) is 24.3 Å². The van der Waals surface area contributed by atoms with Gasteiger partial charge < -0.3 is 4.74 Å². The van der Waals surface area contributed by atoms with E-state index < -0.39 is 0 Å². The third-order valence-electron chi connectivity index (χ3n) is 3.12. The first-order valence-corrected chi connectivity index (χ1v) is 5.49. The van der Waals surface area contributed by atoms with Gasteiger partial charge in [0.25, 0.3) is 0 Å². The molecule has 0 heterocycles. The van der Waals surface area contributed by atoms with Crippen LogP contribution in [0.25, 0.3) is 0 Å². The van der Waals surface area contributed by atoms with Crippen molar-refractivity contribution in [3.63, 3.8) is 0 Å². The molecule has 0 amide bonds. The molecule has 1 aromatic rings. The molecule has 1 aliphatic rings. The molecule has 2 rings (SSSR count). The maximum atomic E-state index is 5.48. The average Bonchev–Trinajstić information content (AvgIpc) is 2.19. The third kappa shape index (κ3) is 2.16. The van der Waals surface area contributed by atoms with E-state index in [1.807, 2.05) is 7.11 Å². The first kappa shape index (κ1) is 9.72. The van der Waals surface area contributed by atoms with Crippen LogP contribution in [0.2, 0.25) is 0 Å². The summed E-state index contributed by atoms with van der Waals surface area (Å²) in [5, 5.41) is 0. The van der Waals surface area contributed by atoms with Crippen LogP contribution >= 0.6 is 0 Å². The highest BCUT2D eigenvalue weighted by molar-refractivity contribution is 5.28. The summed E-state index contributed by atoms with van der Waals surface area (Å²) < 4.78 is 5.48. The van der Waals surface area contributed by atoms with Crippen molar-refractivity contribution in [1.82, 2.24) is 0 Å². The number of ether oxygens (including phenoxy) is 1. The van der Waals surface area contributed by atoms with E-state index in [4.69, 9.17) is 4.74 Å². The molecule has 0 radical (unpaired) electrons. The highest BCUT2D eigenvalue weighted by atomic mass is 16.5. The maximum Gasteiger partial charge on any atom is 0.0611 e. The van der Waals surface area contributed by atoms with Crippen LogP contribution in [0.3, 0.4) is 0 Å². The van der Waals surface area contributed by atoms with Crippen LogP contribution in [-0.4, -0.2) is 13.2 Å². The van der Waals surface area contributed by atoms with Gasteiger partial charge in [0.1, 0.15) is 0 Å². The average molecular weight is 190 g/mol. The first-order chi connectivity index (χ1) is 6.90. The zero-order valence-electron chi connectivity index (χ0n) is 8.83. The van der Waals surface area contributed by atoms with Gasteiger partial charge in [-0.15, -0.1) is 0 Å². The van der Waals surface area contributed by atoms with Crippen LogP contribution in [0.5, 0.6) is 0 Å². The molecule has 14 heavy (non-hydrogen) atoms. The number of rotatable bonds is 1. The van der Waals surface area contributed by atoms with Crippen LogP contribution in [0, 0.1) is 0 Å². The predicted octanol–water partition coefficient (Wildman–Crippen LogP) is 2.97. The Kier molecular flexibility index (Phi) is 3.20. The summed E-state index contributed by atoms with van der Waals surface area (Å²) in [5.41, 5.74) is 3.01. The van der Waals surface area contributed by atoms with Gasteiger partial charge in [-0.05, 0) is 36.8 Å². The SMILES string of the molecule is COC1CCCCc2ccccc2C1. The van der Waals surface area contributed by atoms with Crippen molar-refractivity contribution in [3.05, 3.63) is 35.4 Å². The molecule has 1 atom stereocenters. The van der Waals surface area contributed by atoms with Crippen LogP contribution in [-0.2, 0) is 17.6 Å². The topological polar surface area (TPSA) is 9.23 Å². The summed E-state index contributed by atoms with van der Waals surface area (Å²) in [6, 6.07) is 8.77. The molecule has 0 bridgehead atoms. The van der Waals surface area contributed by atoms with Crippen molar-refractivity contribution >= 4 is 0 Å². The van der Waals surface area contributed by atoms with Crippen molar-refractivity contribution in [1.29, 1.82) is 0 Å². The minimum atomic E-state index is 0.427. The molecule has 1 nitrogen and oxygen atoms in total. The molecule has 0 saturated carbocycles. The molecular weight excluding hydrogens is 172 g/mol. The van der Waals surface area contributed by atoms with Crippen LogP contribution in [0.4, 0.5) is 0 Å². The summed E-state index contributed by atoms with van der Waals surface area (Å²) in [6.07, 6.45) is 6.57. The Morgan fingerprint density at radius 3 is 2.71 bits per heavy atom. The van der Waals surface area contributed by atoms with Crippen LogP contribution in [0.1, 0.15) is 30.4 Å². The van der Waals surface area contributed by atoms with Gasteiger partial charge in [0.05, 0.1) is 6.10 Å². The molecule has 0 N–H and O–H groups in total. The zero-order chi connectivity index (χ0) is 9.80. The molecule has 76 valence electrons. The van der Waals surface area contributed by atoms with E-state index in [0.29, 0.717) is 6.10 Å². The molecule has 0 spiro atoms. The lowest BCUT2D eigenvalue weighted by Crippen LogP contribution is -2.17. The van der Waals surface area contributed by atoms with E-state index in [1.54, 1.807) is 0 Å². The van der Waals surface area contributed by atoms with Gasteiger partial charge in [0.2, 0.25) is 0 Å².